The minimum absolute atomic E-state index is 0.0479. The Balaban J connectivity index is 2.12. The molecule has 1 aromatic carbocycles. The summed E-state index contributed by atoms with van der Waals surface area (Å²) >= 11 is 1.41. The average Bonchev–Trinajstić information content (AvgIpc) is 2.91. The highest BCUT2D eigenvalue weighted by Crippen LogP contribution is 2.21. The molecule has 2 aromatic heterocycles. The van der Waals surface area contributed by atoms with Gasteiger partial charge in [0.2, 0.25) is 5.78 Å². The minimum atomic E-state index is -0.512. The summed E-state index contributed by atoms with van der Waals surface area (Å²) in [5, 5.41) is 1.89. The zero-order valence-corrected chi connectivity index (χ0v) is 10.3. The van der Waals surface area contributed by atoms with Crippen LogP contribution < -0.4 is 5.76 Å². The van der Waals surface area contributed by atoms with Gasteiger partial charge in [0.15, 0.2) is 5.58 Å². The SMILES string of the molecule is Cc1ccsc1C(=O)c1ccc2[nH]c(=O)oc2c1. The van der Waals surface area contributed by atoms with Gasteiger partial charge in [-0.05, 0) is 42.1 Å². The first kappa shape index (κ1) is 11.0. The van der Waals surface area contributed by atoms with Gasteiger partial charge in [-0.15, -0.1) is 11.3 Å². The quantitative estimate of drug-likeness (QED) is 0.720. The number of aryl methyl sites for hydroxylation is 1. The van der Waals surface area contributed by atoms with Gasteiger partial charge in [0.05, 0.1) is 10.4 Å². The van der Waals surface area contributed by atoms with Crippen LogP contribution in [0.25, 0.3) is 11.1 Å². The van der Waals surface area contributed by atoms with Gasteiger partial charge < -0.3 is 4.42 Å². The van der Waals surface area contributed by atoms with Crippen LogP contribution in [0.2, 0.25) is 0 Å². The van der Waals surface area contributed by atoms with Crippen molar-refractivity contribution in [1.29, 1.82) is 0 Å². The summed E-state index contributed by atoms with van der Waals surface area (Å²) in [7, 11) is 0. The zero-order valence-electron chi connectivity index (χ0n) is 9.52. The van der Waals surface area contributed by atoms with Crippen LogP contribution in [0.1, 0.15) is 20.8 Å². The number of oxazole rings is 1. The fourth-order valence-corrected chi connectivity index (χ4v) is 2.71. The second-order valence-electron chi connectivity index (χ2n) is 3.99. The molecule has 0 aliphatic carbocycles. The Labute approximate surface area is 106 Å². The van der Waals surface area contributed by atoms with E-state index in [9.17, 15) is 9.59 Å². The second kappa shape index (κ2) is 3.96. The van der Waals surface area contributed by atoms with Crippen molar-refractivity contribution in [2.24, 2.45) is 0 Å². The molecule has 0 radical (unpaired) electrons. The summed E-state index contributed by atoms with van der Waals surface area (Å²) < 4.78 is 4.95. The van der Waals surface area contributed by atoms with Crippen molar-refractivity contribution in [3.05, 3.63) is 56.2 Å². The molecule has 4 nitrogen and oxygen atoms in total. The number of rotatable bonds is 2. The molecule has 0 aliphatic heterocycles. The van der Waals surface area contributed by atoms with E-state index in [1.165, 1.54) is 11.3 Å². The lowest BCUT2D eigenvalue weighted by molar-refractivity contribution is 0.104. The van der Waals surface area contributed by atoms with Crippen molar-refractivity contribution in [3.8, 4) is 0 Å². The summed E-state index contributed by atoms with van der Waals surface area (Å²) in [6.45, 7) is 1.90. The van der Waals surface area contributed by atoms with E-state index in [0.29, 0.717) is 21.5 Å². The summed E-state index contributed by atoms with van der Waals surface area (Å²) in [6.07, 6.45) is 0. The summed E-state index contributed by atoms with van der Waals surface area (Å²) in [5.74, 6) is -0.560. The molecule has 3 rings (SSSR count). The minimum Gasteiger partial charge on any atom is -0.408 e. The van der Waals surface area contributed by atoms with Gasteiger partial charge in [0.1, 0.15) is 0 Å². The van der Waals surface area contributed by atoms with Crippen LogP contribution in [-0.2, 0) is 0 Å². The molecule has 3 aromatic rings. The molecule has 1 N–H and O–H groups in total. The number of H-pyrrole nitrogens is 1. The molecule has 0 aliphatic rings. The number of fused-ring (bicyclic) bond motifs is 1. The van der Waals surface area contributed by atoms with Crippen LogP contribution in [0.15, 0.2) is 38.9 Å². The van der Waals surface area contributed by atoms with Crippen molar-refractivity contribution in [2.75, 3.05) is 0 Å². The monoisotopic (exact) mass is 259 g/mol. The Hall–Kier alpha value is -2.14. The molecular weight excluding hydrogens is 250 g/mol. The lowest BCUT2D eigenvalue weighted by Gasteiger charge is -1.99. The smallest absolute Gasteiger partial charge is 0.408 e. The standard InChI is InChI=1S/C13H9NO3S/c1-7-4-5-18-12(7)11(15)8-2-3-9-10(6-8)17-13(16)14-9/h2-6H,1H3,(H,14,16). The highest BCUT2D eigenvalue weighted by Gasteiger charge is 2.14. The van der Waals surface area contributed by atoms with E-state index in [1.807, 2.05) is 18.4 Å². The first-order valence-electron chi connectivity index (χ1n) is 5.37. The highest BCUT2D eigenvalue weighted by atomic mass is 32.1. The van der Waals surface area contributed by atoms with Crippen molar-refractivity contribution in [1.82, 2.24) is 4.98 Å². The predicted molar refractivity (Wildman–Crippen MR) is 69.3 cm³/mol. The van der Waals surface area contributed by atoms with Crippen molar-refractivity contribution in [3.63, 3.8) is 0 Å². The second-order valence-corrected chi connectivity index (χ2v) is 4.90. The van der Waals surface area contributed by atoms with Crippen molar-refractivity contribution >= 4 is 28.2 Å². The summed E-state index contributed by atoms with van der Waals surface area (Å²) in [6, 6.07) is 6.87. The van der Waals surface area contributed by atoms with Crippen LogP contribution >= 0.6 is 11.3 Å². The molecular formula is C13H9NO3S. The van der Waals surface area contributed by atoms with E-state index in [0.717, 1.165) is 5.56 Å². The first-order chi connectivity index (χ1) is 8.65. The van der Waals surface area contributed by atoms with Gasteiger partial charge in [-0.1, -0.05) is 0 Å². The Morgan fingerprint density at radius 1 is 1.33 bits per heavy atom. The topological polar surface area (TPSA) is 63.1 Å². The molecule has 0 spiro atoms. The average molecular weight is 259 g/mol. The Bertz CT molecular complexity index is 794. The van der Waals surface area contributed by atoms with E-state index in [4.69, 9.17) is 4.42 Å². The van der Waals surface area contributed by atoms with Crippen molar-refractivity contribution in [2.45, 2.75) is 6.92 Å². The Morgan fingerprint density at radius 3 is 2.89 bits per heavy atom. The molecule has 0 fully saturated rings. The molecule has 0 saturated carbocycles. The molecule has 0 amide bonds. The number of aromatic amines is 1. The van der Waals surface area contributed by atoms with Crippen LogP contribution in [0.3, 0.4) is 0 Å². The van der Waals surface area contributed by atoms with E-state index >= 15 is 0 Å². The van der Waals surface area contributed by atoms with Crippen LogP contribution in [-0.4, -0.2) is 10.8 Å². The third-order valence-corrected chi connectivity index (χ3v) is 3.77. The molecule has 2 heterocycles. The zero-order chi connectivity index (χ0) is 12.7. The largest absolute Gasteiger partial charge is 0.417 e. The predicted octanol–water partition coefficient (Wildman–Crippen LogP) is 2.72. The van der Waals surface area contributed by atoms with Crippen molar-refractivity contribution < 1.29 is 9.21 Å². The molecule has 0 unspecified atom stereocenters. The fraction of sp³-hybridized carbons (Fsp3) is 0.0769. The normalized spacial score (nSPS) is 10.9. The number of hydrogen-bond donors (Lipinski definition) is 1. The summed E-state index contributed by atoms with van der Waals surface area (Å²) in [5.41, 5.74) is 2.48. The van der Waals surface area contributed by atoms with Gasteiger partial charge in [-0.2, -0.15) is 0 Å². The number of nitrogens with one attached hydrogen (secondary N) is 1. The number of carbonyl (C=O) groups excluding carboxylic acids is 1. The van der Waals surface area contributed by atoms with Gasteiger partial charge in [0, 0.05) is 5.56 Å². The maximum Gasteiger partial charge on any atom is 0.417 e. The number of carbonyl (C=O) groups is 1. The van der Waals surface area contributed by atoms with E-state index in [2.05, 4.69) is 4.98 Å². The maximum absolute atomic E-state index is 12.3. The third kappa shape index (κ3) is 1.69. The molecule has 5 heteroatoms. The number of ketones is 1. The van der Waals surface area contributed by atoms with Gasteiger partial charge in [-0.25, -0.2) is 4.79 Å². The molecule has 0 bridgehead atoms. The van der Waals surface area contributed by atoms with E-state index in [-0.39, 0.29) is 5.78 Å². The van der Waals surface area contributed by atoms with Crippen LogP contribution in [0, 0.1) is 6.92 Å². The highest BCUT2D eigenvalue weighted by molar-refractivity contribution is 7.12. The maximum atomic E-state index is 12.3. The number of thiophene rings is 1. The third-order valence-electron chi connectivity index (χ3n) is 2.75. The van der Waals surface area contributed by atoms with E-state index < -0.39 is 5.76 Å². The lowest BCUT2D eigenvalue weighted by Crippen LogP contribution is -1.99. The number of benzene rings is 1. The first-order valence-corrected chi connectivity index (χ1v) is 6.25. The number of aromatic nitrogens is 1. The molecule has 18 heavy (non-hydrogen) atoms. The molecule has 90 valence electrons. The lowest BCUT2D eigenvalue weighted by atomic mass is 10.1. The van der Waals surface area contributed by atoms with Gasteiger partial charge in [-0.3, -0.25) is 9.78 Å². The van der Waals surface area contributed by atoms with E-state index in [1.54, 1.807) is 18.2 Å². The molecule has 0 atom stereocenters. The van der Waals surface area contributed by atoms with Gasteiger partial charge in [0.25, 0.3) is 0 Å². The molecule has 0 saturated heterocycles. The van der Waals surface area contributed by atoms with Crippen LogP contribution in [0.4, 0.5) is 0 Å². The Kier molecular flexibility index (Phi) is 2.41. The van der Waals surface area contributed by atoms with Crippen LogP contribution in [0.5, 0.6) is 0 Å². The summed E-state index contributed by atoms with van der Waals surface area (Å²) in [4.78, 5) is 26.6. The fourth-order valence-electron chi connectivity index (χ4n) is 1.82. The van der Waals surface area contributed by atoms with Gasteiger partial charge >= 0.3 is 5.76 Å². The number of hydrogen-bond acceptors (Lipinski definition) is 4. The Morgan fingerprint density at radius 2 is 2.17 bits per heavy atom.